The van der Waals surface area contributed by atoms with E-state index in [0.717, 1.165) is 18.5 Å². The number of nitrogens with zero attached hydrogens (tertiary/aromatic N) is 2. The Balaban J connectivity index is 1.99. The number of rotatable bonds is 5. The molecule has 2 heterocycles. The van der Waals surface area contributed by atoms with Gasteiger partial charge in [-0.1, -0.05) is 6.92 Å². The van der Waals surface area contributed by atoms with Crippen molar-refractivity contribution in [3.05, 3.63) is 11.8 Å². The summed E-state index contributed by atoms with van der Waals surface area (Å²) in [6.07, 6.45) is 2.29. The summed E-state index contributed by atoms with van der Waals surface area (Å²) < 4.78 is 5.52. The van der Waals surface area contributed by atoms with E-state index in [1.807, 2.05) is 13.0 Å². The summed E-state index contributed by atoms with van der Waals surface area (Å²) in [7, 11) is 0. The fraction of sp³-hybridized carbons (Fsp3) is 0.615. The largest absolute Gasteiger partial charge is 0.478 e. The molecular weight excluding hydrogens is 244 g/mol. The second-order valence-corrected chi connectivity index (χ2v) is 4.70. The molecule has 2 rings (SSSR count). The van der Waals surface area contributed by atoms with Crippen LogP contribution in [0.1, 0.15) is 31.9 Å². The third-order valence-electron chi connectivity index (χ3n) is 2.88. The molecular formula is C13H20N4O2. The molecule has 1 aliphatic heterocycles. The highest BCUT2D eigenvalue weighted by Crippen LogP contribution is 2.14. The first-order valence-corrected chi connectivity index (χ1v) is 6.69. The molecule has 0 spiro atoms. The van der Waals surface area contributed by atoms with Crippen LogP contribution in [0.3, 0.4) is 0 Å². The molecule has 1 unspecified atom stereocenters. The smallest absolute Gasteiger partial charge is 0.226 e. The summed E-state index contributed by atoms with van der Waals surface area (Å²) in [6, 6.07) is 2.00. The van der Waals surface area contributed by atoms with E-state index in [9.17, 15) is 4.79 Å². The average Bonchev–Trinajstić information content (AvgIpc) is 2.38. The van der Waals surface area contributed by atoms with Crippen LogP contribution >= 0.6 is 0 Å². The molecule has 1 amide bonds. The van der Waals surface area contributed by atoms with E-state index in [1.54, 1.807) is 0 Å². The lowest BCUT2D eigenvalue weighted by atomic mass is 10.1. The van der Waals surface area contributed by atoms with Crippen LogP contribution in [-0.4, -0.2) is 35.1 Å². The Morgan fingerprint density at radius 1 is 1.53 bits per heavy atom. The first-order chi connectivity index (χ1) is 9.17. The zero-order valence-electron chi connectivity index (χ0n) is 11.4. The maximum absolute atomic E-state index is 11.1. The van der Waals surface area contributed by atoms with Gasteiger partial charge in [-0.05, 0) is 19.8 Å². The molecule has 6 nitrogen and oxygen atoms in total. The standard InChI is InChI=1S/C13H20N4O2/c1-3-6-19-12-7-9(2)15-13(17-12)16-10-4-5-11(18)14-8-10/h7,10H,3-6,8H2,1-2H3,(H,14,18)(H,15,16,17). The van der Waals surface area contributed by atoms with Crippen LogP contribution in [0, 0.1) is 6.92 Å². The fourth-order valence-corrected chi connectivity index (χ4v) is 1.92. The van der Waals surface area contributed by atoms with Gasteiger partial charge in [0.1, 0.15) is 0 Å². The lowest BCUT2D eigenvalue weighted by Gasteiger charge is -2.23. The monoisotopic (exact) mass is 264 g/mol. The number of aromatic nitrogens is 2. The van der Waals surface area contributed by atoms with Crippen molar-refractivity contribution in [2.24, 2.45) is 0 Å². The minimum Gasteiger partial charge on any atom is -0.478 e. The number of carbonyl (C=O) groups excluding carboxylic acids is 1. The Morgan fingerprint density at radius 3 is 3.05 bits per heavy atom. The molecule has 19 heavy (non-hydrogen) atoms. The summed E-state index contributed by atoms with van der Waals surface area (Å²) in [5.41, 5.74) is 0.864. The Bertz CT molecular complexity index is 440. The van der Waals surface area contributed by atoms with Crippen molar-refractivity contribution in [1.82, 2.24) is 15.3 Å². The SMILES string of the molecule is CCCOc1cc(C)nc(NC2CCC(=O)NC2)n1. The van der Waals surface area contributed by atoms with Gasteiger partial charge in [-0.2, -0.15) is 4.98 Å². The summed E-state index contributed by atoms with van der Waals surface area (Å²) in [5.74, 6) is 1.26. The number of amides is 1. The lowest BCUT2D eigenvalue weighted by molar-refractivity contribution is -0.122. The van der Waals surface area contributed by atoms with Crippen LogP contribution < -0.4 is 15.4 Å². The van der Waals surface area contributed by atoms with Gasteiger partial charge in [-0.15, -0.1) is 0 Å². The summed E-state index contributed by atoms with van der Waals surface area (Å²) in [6.45, 7) is 5.23. The third-order valence-corrected chi connectivity index (χ3v) is 2.88. The maximum atomic E-state index is 11.1. The van der Waals surface area contributed by atoms with E-state index >= 15 is 0 Å². The van der Waals surface area contributed by atoms with E-state index in [1.165, 1.54) is 0 Å². The second-order valence-electron chi connectivity index (χ2n) is 4.70. The third kappa shape index (κ3) is 4.08. The Kier molecular flexibility index (Phi) is 4.54. The minimum absolute atomic E-state index is 0.107. The highest BCUT2D eigenvalue weighted by molar-refractivity contribution is 5.76. The van der Waals surface area contributed by atoms with Crippen LogP contribution in [0.25, 0.3) is 0 Å². The first kappa shape index (κ1) is 13.6. The van der Waals surface area contributed by atoms with Gasteiger partial charge >= 0.3 is 0 Å². The summed E-state index contributed by atoms with van der Waals surface area (Å²) in [4.78, 5) is 19.8. The number of hydrogen-bond donors (Lipinski definition) is 2. The Morgan fingerprint density at radius 2 is 2.37 bits per heavy atom. The molecule has 1 atom stereocenters. The number of nitrogens with one attached hydrogen (secondary N) is 2. The van der Waals surface area contributed by atoms with Crippen LogP contribution in [0.4, 0.5) is 5.95 Å². The predicted octanol–water partition coefficient (Wildman–Crippen LogP) is 1.26. The lowest BCUT2D eigenvalue weighted by Crippen LogP contribution is -2.42. The van der Waals surface area contributed by atoms with Gasteiger partial charge in [0.15, 0.2) is 0 Å². The van der Waals surface area contributed by atoms with Crippen molar-refractivity contribution < 1.29 is 9.53 Å². The number of carbonyl (C=O) groups is 1. The van der Waals surface area contributed by atoms with Crippen LogP contribution in [-0.2, 0) is 4.79 Å². The zero-order valence-corrected chi connectivity index (χ0v) is 11.4. The molecule has 1 aliphatic rings. The average molecular weight is 264 g/mol. The van der Waals surface area contributed by atoms with Gasteiger partial charge in [-0.25, -0.2) is 4.98 Å². The highest BCUT2D eigenvalue weighted by atomic mass is 16.5. The molecule has 1 fully saturated rings. The maximum Gasteiger partial charge on any atom is 0.226 e. The molecule has 0 radical (unpaired) electrons. The quantitative estimate of drug-likeness (QED) is 0.837. The summed E-state index contributed by atoms with van der Waals surface area (Å²) in [5, 5.41) is 6.07. The Labute approximate surface area is 113 Å². The molecule has 1 aromatic heterocycles. The van der Waals surface area contributed by atoms with Gasteiger partial charge in [0.25, 0.3) is 0 Å². The van der Waals surface area contributed by atoms with Gasteiger partial charge < -0.3 is 15.4 Å². The normalized spacial score (nSPS) is 18.8. The van der Waals surface area contributed by atoms with Gasteiger partial charge in [0.05, 0.1) is 6.61 Å². The van der Waals surface area contributed by atoms with Gasteiger partial charge in [-0.3, -0.25) is 4.79 Å². The molecule has 1 aromatic rings. The van der Waals surface area contributed by atoms with E-state index in [0.29, 0.717) is 31.4 Å². The number of piperidine rings is 1. The highest BCUT2D eigenvalue weighted by Gasteiger charge is 2.18. The molecule has 2 N–H and O–H groups in total. The predicted molar refractivity (Wildman–Crippen MR) is 72.2 cm³/mol. The van der Waals surface area contributed by atoms with Crippen molar-refractivity contribution in [3.63, 3.8) is 0 Å². The van der Waals surface area contributed by atoms with Gasteiger partial charge in [0, 0.05) is 30.8 Å². The molecule has 104 valence electrons. The fourth-order valence-electron chi connectivity index (χ4n) is 1.92. The van der Waals surface area contributed by atoms with E-state index in [-0.39, 0.29) is 11.9 Å². The first-order valence-electron chi connectivity index (χ1n) is 6.69. The van der Waals surface area contributed by atoms with Crippen LogP contribution in [0.2, 0.25) is 0 Å². The topological polar surface area (TPSA) is 76.1 Å². The number of aryl methyl sites for hydroxylation is 1. The molecule has 1 saturated heterocycles. The van der Waals surface area contributed by atoms with Crippen molar-refractivity contribution in [2.45, 2.75) is 39.2 Å². The van der Waals surface area contributed by atoms with E-state index in [2.05, 4.69) is 27.5 Å². The molecule has 0 aromatic carbocycles. The molecule has 6 heteroatoms. The van der Waals surface area contributed by atoms with Crippen LogP contribution in [0.5, 0.6) is 5.88 Å². The van der Waals surface area contributed by atoms with Crippen LogP contribution in [0.15, 0.2) is 6.07 Å². The summed E-state index contributed by atoms with van der Waals surface area (Å²) >= 11 is 0. The molecule has 0 saturated carbocycles. The Hall–Kier alpha value is -1.85. The number of ether oxygens (including phenoxy) is 1. The van der Waals surface area contributed by atoms with E-state index in [4.69, 9.17) is 4.74 Å². The van der Waals surface area contributed by atoms with Crippen molar-refractivity contribution in [2.75, 3.05) is 18.5 Å². The second kappa shape index (κ2) is 6.36. The molecule has 0 aliphatic carbocycles. The van der Waals surface area contributed by atoms with Crippen molar-refractivity contribution in [1.29, 1.82) is 0 Å². The van der Waals surface area contributed by atoms with Crippen molar-refractivity contribution >= 4 is 11.9 Å². The minimum atomic E-state index is 0.107. The zero-order chi connectivity index (χ0) is 13.7. The van der Waals surface area contributed by atoms with E-state index < -0.39 is 0 Å². The van der Waals surface area contributed by atoms with Crippen molar-refractivity contribution in [3.8, 4) is 5.88 Å². The van der Waals surface area contributed by atoms with Gasteiger partial charge in [0.2, 0.25) is 17.7 Å². The number of hydrogen-bond acceptors (Lipinski definition) is 5. The molecule has 0 bridgehead atoms. The number of anilines is 1.